The van der Waals surface area contributed by atoms with Crippen molar-refractivity contribution >= 4 is 31.8 Å². The maximum Gasteiger partial charge on any atom is 0.301 e. The van der Waals surface area contributed by atoms with Gasteiger partial charge in [0.25, 0.3) is 0 Å². The number of anilines is 1. The molecule has 0 saturated carbocycles. The van der Waals surface area contributed by atoms with E-state index in [1.54, 1.807) is 12.1 Å². The highest BCUT2D eigenvalue weighted by molar-refractivity contribution is 9.10. The molecule has 0 bridgehead atoms. The highest BCUT2D eigenvalue weighted by atomic mass is 79.9. The molecule has 1 aromatic rings. The summed E-state index contributed by atoms with van der Waals surface area (Å²) < 4.78 is 29.8. The van der Waals surface area contributed by atoms with Crippen LogP contribution >= 0.6 is 15.9 Å². The Morgan fingerprint density at radius 3 is 2.85 bits per heavy atom. The predicted molar refractivity (Wildman–Crippen MR) is 82.9 cm³/mol. The van der Waals surface area contributed by atoms with Crippen LogP contribution in [0.4, 0.5) is 5.69 Å². The average Bonchev–Trinajstić information content (AvgIpc) is 2.42. The minimum Gasteiger partial charge on any atom is -0.395 e. The van der Waals surface area contributed by atoms with Crippen LogP contribution in [0.1, 0.15) is 24.8 Å². The zero-order valence-electron chi connectivity index (χ0n) is 11.3. The van der Waals surface area contributed by atoms with Crippen LogP contribution in [-0.2, 0) is 10.2 Å². The Bertz CT molecular complexity index is 577. The minimum atomic E-state index is -3.62. The van der Waals surface area contributed by atoms with Crippen molar-refractivity contribution in [2.24, 2.45) is 0 Å². The lowest BCUT2D eigenvalue weighted by atomic mass is 10.1. The van der Waals surface area contributed by atoms with Gasteiger partial charge >= 0.3 is 10.2 Å². The number of halogens is 1. The molecule has 0 spiro atoms. The number of rotatable bonds is 4. The lowest BCUT2D eigenvalue weighted by molar-refractivity contribution is 0.156. The van der Waals surface area contributed by atoms with Gasteiger partial charge in [0.1, 0.15) is 0 Å². The molecular weight excluding hydrogens is 344 g/mol. The number of hydrogen-bond acceptors (Lipinski definition) is 3. The van der Waals surface area contributed by atoms with Gasteiger partial charge < -0.3 is 5.11 Å². The number of piperidine rings is 1. The second-order valence-electron chi connectivity index (χ2n) is 5.01. The van der Waals surface area contributed by atoms with E-state index in [0.717, 1.165) is 22.9 Å². The lowest BCUT2D eigenvalue weighted by Gasteiger charge is -2.33. The molecule has 20 heavy (non-hydrogen) atoms. The normalized spacial score (nSPS) is 20.9. The number of aliphatic hydroxyl groups excluding tert-OH is 1. The third-order valence-electron chi connectivity index (χ3n) is 3.52. The van der Waals surface area contributed by atoms with Crippen LogP contribution in [0.25, 0.3) is 0 Å². The van der Waals surface area contributed by atoms with Crippen molar-refractivity contribution in [2.75, 3.05) is 17.9 Å². The fourth-order valence-electron chi connectivity index (χ4n) is 2.41. The second kappa shape index (κ2) is 6.43. The Kier molecular flexibility index (Phi) is 5.06. The van der Waals surface area contributed by atoms with E-state index in [4.69, 9.17) is 0 Å². The van der Waals surface area contributed by atoms with Crippen molar-refractivity contribution in [2.45, 2.75) is 32.2 Å². The molecule has 5 nitrogen and oxygen atoms in total. The lowest BCUT2D eigenvalue weighted by Crippen LogP contribution is -2.48. The van der Waals surface area contributed by atoms with E-state index < -0.39 is 10.2 Å². The standard InChI is InChI=1S/C13H19BrN2O3S/c1-10-8-11(14)5-6-13(10)15-20(18,19)16-7-3-2-4-12(16)9-17/h5-6,8,12,15,17H,2-4,7,9H2,1H3. The van der Waals surface area contributed by atoms with Crippen LogP contribution in [0.15, 0.2) is 22.7 Å². The van der Waals surface area contributed by atoms with Gasteiger partial charge in [-0.15, -0.1) is 0 Å². The van der Waals surface area contributed by atoms with Crippen molar-refractivity contribution in [1.82, 2.24) is 4.31 Å². The number of benzene rings is 1. The van der Waals surface area contributed by atoms with Crippen molar-refractivity contribution in [3.05, 3.63) is 28.2 Å². The van der Waals surface area contributed by atoms with Gasteiger partial charge in [0.15, 0.2) is 0 Å². The quantitative estimate of drug-likeness (QED) is 0.862. The van der Waals surface area contributed by atoms with E-state index in [2.05, 4.69) is 20.7 Å². The molecule has 1 fully saturated rings. The minimum absolute atomic E-state index is 0.139. The number of aliphatic hydroxyl groups is 1. The first kappa shape index (κ1) is 15.8. The molecule has 0 amide bonds. The molecule has 7 heteroatoms. The number of aryl methyl sites for hydroxylation is 1. The molecule has 1 saturated heterocycles. The summed E-state index contributed by atoms with van der Waals surface area (Å²) in [5.41, 5.74) is 1.41. The summed E-state index contributed by atoms with van der Waals surface area (Å²) in [6, 6.07) is 5.06. The van der Waals surface area contributed by atoms with Gasteiger partial charge in [-0.2, -0.15) is 12.7 Å². The smallest absolute Gasteiger partial charge is 0.301 e. The molecule has 0 aromatic heterocycles. The highest BCUT2D eigenvalue weighted by Crippen LogP contribution is 2.25. The maximum absolute atomic E-state index is 12.5. The molecule has 1 aliphatic rings. The van der Waals surface area contributed by atoms with Crippen molar-refractivity contribution in [1.29, 1.82) is 0 Å². The molecule has 112 valence electrons. The van der Waals surface area contributed by atoms with Crippen LogP contribution < -0.4 is 4.72 Å². The first-order valence-corrected chi connectivity index (χ1v) is 8.84. The Labute approximate surface area is 128 Å². The first-order valence-electron chi connectivity index (χ1n) is 6.60. The Balaban J connectivity index is 2.21. The SMILES string of the molecule is Cc1cc(Br)ccc1NS(=O)(=O)N1CCCCC1CO. The van der Waals surface area contributed by atoms with Gasteiger partial charge in [0, 0.05) is 17.1 Å². The van der Waals surface area contributed by atoms with E-state index in [-0.39, 0.29) is 12.6 Å². The molecule has 1 atom stereocenters. The maximum atomic E-state index is 12.5. The third kappa shape index (κ3) is 3.52. The molecule has 1 unspecified atom stereocenters. The molecule has 1 aromatic carbocycles. The summed E-state index contributed by atoms with van der Waals surface area (Å²) in [5.74, 6) is 0. The Hall–Kier alpha value is -0.630. The van der Waals surface area contributed by atoms with Gasteiger partial charge in [-0.05, 0) is 43.5 Å². The van der Waals surface area contributed by atoms with E-state index >= 15 is 0 Å². The average molecular weight is 363 g/mol. The zero-order valence-corrected chi connectivity index (χ0v) is 13.7. The van der Waals surface area contributed by atoms with Gasteiger partial charge in [-0.3, -0.25) is 4.72 Å². The molecule has 1 aliphatic heterocycles. The monoisotopic (exact) mass is 362 g/mol. The van der Waals surface area contributed by atoms with Crippen LogP contribution in [0.3, 0.4) is 0 Å². The van der Waals surface area contributed by atoms with E-state index in [1.807, 2.05) is 13.0 Å². The molecule has 0 radical (unpaired) electrons. The summed E-state index contributed by atoms with van der Waals surface area (Å²) in [7, 11) is -3.62. The number of nitrogens with zero attached hydrogens (tertiary/aromatic N) is 1. The molecule has 2 N–H and O–H groups in total. The van der Waals surface area contributed by atoms with Crippen molar-refractivity contribution < 1.29 is 13.5 Å². The van der Waals surface area contributed by atoms with Crippen LogP contribution in [0.2, 0.25) is 0 Å². The van der Waals surface area contributed by atoms with Gasteiger partial charge in [-0.25, -0.2) is 0 Å². The van der Waals surface area contributed by atoms with Crippen LogP contribution in [0, 0.1) is 6.92 Å². The first-order chi connectivity index (χ1) is 9.44. The third-order valence-corrected chi connectivity index (χ3v) is 5.59. The highest BCUT2D eigenvalue weighted by Gasteiger charge is 2.32. The summed E-state index contributed by atoms with van der Waals surface area (Å²) in [5, 5.41) is 9.34. The molecular formula is C13H19BrN2O3S. The predicted octanol–water partition coefficient (Wildman–Crippen LogP) is 2.26. The topological polar surface area (TPSA) is 69.6 Å². The zero-order chi connectivity index (χ0) is 14.8. The molecule has 2 rings (SSSR count). The van der Waals surface area contributed by atoms with Crippen LogP contribution in [-0.4, -0.2) is 37.0 Å². The Morgan fingerprint density at radius 2 is 2.20 bits per heavy atom. The summed E-state index contributed by atoms with van der Waals surface area (Å²) in [6.07, 6.45) is 2.49. The fraction of sp³-hybridized carbons (Fsp3) is 0.538. The summed E-state index contributed by atoms with van der Waals surface area (Å²) in [6.45, 7) is 2.17. The largest absolute Gasteiger partial charge is 0.395 e. The molecule has 0 aliphatic carbocycles. The van der Waals surface area contributed by atoms with E-state index in [1.165, 1.54) is 4.31 Å². The van der Waals surface area contributed by atoms with Gasteiger partial charge in [0.2, 0.25) is 0 Å². The fourth-order valence-corrected chi connectivity index (χ4v) is 4.45. The number of hydrogen-bond donors (Lipinski definition) is 2. The summed E-state index contributed by atoms with van der Waals surface area (Å²) >= 11 is 3.35. The molecule has 1 heterocycles. The van der Waals surface area contributed by atoms with E-state index in [9.17, 15) is 13.5 Å². The second-order valence-corrected chi connectivity index (χ2v) is 7.55. The van der Waals surface area contributed by atoms with Gasteiger partial charge in [-0.1, -0.05) is 22.4 Å². The van der Waals surface area contributed by atoms with E-state index in [0.29, 0.717) is 18.7 Å². The Morgan fingerprint density at radius 1 is 1.45 bits per heavy atom. The van der Waals surface area contributed by atoms with Crippen molar-refractivity contribution in [3.8, 4) is 0 Å². The van der Waals surface area contributed by atoms with Crippen LogP contribution in [0.5, 0.6) is 0 Å². The number of nitrogens with one attached hydrogen (secondary N) is 1. The van der Waals surface area contributed by atoms with Gasteiger partial charge in [0.05, 0.1) is 12.3 Å². The summed E-state index contributed by atoms with van der Waals surface area (Å²) in [4.78, 5) is 0. The van der Waals surface area contributed by atoms with Crippen molar-refractivity contribution in [3.63, 3.8) is 0 Å².